The SMILES string of the molecule is CCCN1CS(=O)c2c1cccc2S(=O)(=O)NCCNCCc1cccc(Cl)c1. The zero-order valence-corrected chi connectivity index (χ0v) is 18.7. The highest BCUT2D eigenvalue weighted by Crippen LogP contribution is 2.36. The van der Waals surface area contributed by atoms with Crippen LogP contribution in [0.5, 0.6) is 0 Å². The van der Waals surface area contributed by atoms with Gasteiger partial charge in [0.2, 0.25) is 10.0 Å². The molecule has 0 bridgehead atoms. The molecule has 0 aliphatic carbocycles. The van der Waals surface area contributed by atoms with Gasteiger partial charge >= 0.3 is 0 Å². The van der Waals surface area contributed by atoms with E-state index in [1.165, 1.54) is 6.07 Å². The van der Waals surface area contributed by atoms with Crippen molar-refractivity contribution in [3.05, 3.63) is 53.1 Å². The maximum absolute atomic E-state index is 12.8. The maximum Gasteiger partial charge on any atom is 0.241 e. The van der Waals surface area contributed by atoms with Crippen LogP contribution in [0.4, 0.5) is 5.69 Å². The lowest BCUT2D eigenvalue weighted by atomic mass is 10.1. The Morgan fingerprint density at radius 2 is 1.93 bits per heavy atom. The van der Waals surface area contributed by atoms with Crippen molar-refractivity contribution < 1.29 is 12.6 Å². The lowest BCUT2D eigenvalue weighted by molar-refractivity contribution is 0.573. The second-order valence-electron chi connectivity index (χ2n) is 6.87. The van der Waals surface area contributed by atoms with Gasteiger partial charge in [0.25, 0.3) is 0 Å². The molecule has 0 aromatic heterocycles. The summed E-state index contributed by atoms with van der Waals surface area (Å²) in [5.41, 5.74) is 1.89. The number of rotatable bonds is 10. The first kappa shape index (κ1) is 22.2. The zero-order chi connectivity index (χ0) is 20.9. The summed E-state index contributed by atoms with van der Waals surface area (Å²) in [6.07, 6.45) is 1.72. The molecular formula is C20H26ClN3O3S2. The second kappa shape index (κ2) is 10.0. The molecular weight excluding hydrogens is 430 g/mol. The van der Waals surface area contributed by atoms with Gasteiger partial charge in [-0.05, 0) is 49.2 Å². The Balaban J connectivity index is 1.55. The van der Waals surface area contributed by atoms with Crippen molar-refractivity contribution in [2.45, 2.75) is 29.6 Å². The molecule has 0 spiro atoms. The van der Waals surface area contributed by atoms with Crippen molar-refractivity contribution in [1.82, 2.24) is 10.0 Å². The van der Waals surface area contributed by atoms with Gasteiger partial charge in [0.15, 0.2) is 0 Å². The van der Waals surface area contributed by atoms with E-state index in [9.17, 15) is 12.6 Å². The number of fused-ring (bicyclic) bond motifs is 1. The van der Waals surface area contributed by atoms with Crippen molar-refractivity contribution in [2.75, 3.05) is 37.0 Å². The molecule has 9 heteroatoms. The molecule has 2 aromatic carbocycles. The van der Waals surface area contributed by atoms with E-state index in [1.807, 2.05) is 42.2 Å². The third-order valence-corrected chi connectivity index (χ3v) is 7.95. The summed E-state index contributed by atoms with van der Waals surface area (Å²) in [6.45, 7) is 4.28. The molecule has 29 heavy (non-hydrogen) atoms. The molecule has 1 aliphatic heterocycles. The van der Waals surface area contributed by atoms with E-state index < -0.39 is 20.8 Å². The molecule has 1 aliphatic rings. The first-order valence-corrected chi connectivity index (χ1v) is 12.8. The number of nitrogens with zero attached hydrogens (tertiary/aromatic N) is 1. The van der Waals surface area contributed by atoms with Crippen LogP contribution < -0.4 is 14.9 Å². The summed E-state index contributed by atoms with van der Waals surface area (Å²) in [7, 11) is -5.07. The quantitative estimate of drug-likeness (QED) is 0.538. The number of sulfonamides is 1. The lowest BCUT2D eigenvalue weighted by Gasteiger charge is -2.17. The molecule has 0 amide bonds. The number of halogens is 1. The van der Waals surface area contributed by atoms with Gasteiger partial charge in [0.1, 0.15) is 4.90 Å². The Hall–Kier alpha value is -1.45. The zero-order valence-electron chi connectivity index (χ0n) is 16.4. The van der Waals surface area contributed by atoms with Crippen LogP contribution >= 0.6 is 11.6 Å². The summed E-state index contributed by atoms with van der Waals surface area (Å²) in [4.78, 5) is 2.52. The van der Waals surface area contributed by atoms with Gasteiger partial charge in [-0.15, -0.1) is 0 Å². The normalized spacial score (nSPS) is 16.2. The maximum atomic E-state index is 12.8. The first-order valence-electron chi connectivity index (χ1n) is 9.63. The minimum Gasteiger partial charge on any atom is -0.358 e. The van der Waals surface area contributed by atoms with Gasteiger partial charge in [-0.1, -0.05) is 36.7 Å². The molecule has 0 fully saturated rings. The molecule has 0 saturated carbocycles. The number of anilines is 1. The van der Waals surface area contributed by atoms with Crippen LogP contribution in [0.3, 0.4) is 0 Å². The highest BCUT2D eigenvalue weighted by atomic mass is 35.5. The molecule has 158 valence electrons. The molecule has 2 N–H and O–H groups in total. The van der Waals surface area contributed by atoms with Gasteiger partial charge in [0, 0.05) is 24.7 Å². The summed E-state index contributed by atoms with van der Waals surface area (Å²) in [5.74, 6) is 0.348. The number of hydrogen-bond donors (Lipinski definition) is 2. The van der Waals surface area contributed by atoms with E-state index >= 15 is 0 Å². The molecule has 6 nitrogen and oxygen atoms in total. The first-order chi connectivity index (χ1) is 13.9. The van der Waals surface area contributed by atoms with E-state index in [-0.39, 0.29) is 11.4 Å². The van der Waals surface area contributed by atoms with E-state index in [4.69, 9.17) is 11.6 Å². The minimum absolute atomic E-state index is 0.117. The molecule has 0 saturated heterocycles. The minimum atomic E-state index is -3.73. The van der Waals surface area contributed by atoms with Crippen LogP contribution in [0, 0.1) is 0 Å². The topological polar surface area (TPSA) is 78.5 Å². The Bertz CT molecular complexity index is 983. The van der Waals surface area contributed by atoms with Crippen LogP contribution in [0.2, 0.25) is 5.02 Å². The van der Waals surface area contributed by atoms with Gasteiger partial charge < -0.3 is 10.2 Å². The summed E-state index contributed by atoms with van der Waals surface area (Å²) >= 11 is 5.97. The Kier molecular flexibility index (Phi) is 7.70. The van der Waals surface area contributed by atoms with Crippen LogP contribution in [0.15, 0.2) is 52.3 Å². The Labute approximate surface area is 180 Å². The van der Waals surface area contributed by atoms with E-state index in [0.717, 1.165) is 37.2 Å². The van der Waals surface area contributed by atoms with Crippen LogP contribution in [-0.2, 0) is 27.2 Å². The van der Waals surface area contributed by atoms with Gasteiger partial charge in [0.05, 0.1) is 27.3 Å². The summed E-state index contributed by atoms with van der Waals surface area (Å²) in [5, 5.41) is 3.93. The second-order valence-corrected chi connectivity index (χ2v) is 10.4. The molecule has 2 aromatic rings. The van der Waals surface area contributed by atoms with Crippen LogP contribution in [0.25, 0.3) is 0 Å². The molecule has 3 rings (SSSR count). The predicted molar refractivity (Wildman–Crippen MR) is 119 cm³/mol. The fraction of sp³-hybridized carbons (Fsp3) is 0.400. The van der Waals surface area contributed by atoms with Crippen molar-refractivity contribution in [1.29, 1.82) is 0 Å². The van der Waals surface area contributed by atoms with Crippen molar-refractivity contribution in [2.24, 2.45) is 0 Å². The van der Waals surface area contributed by atoms with Crippen LogP contribution in [-0.4, -0.2) is 44.7 Å². The van der Waals surface area contributed by atoms with E-state index in [2.05, 4.69) is 10.0 Å². The smallest absolute Gasteiger partial charge is 0.241 e. The monoisotopic (exact) mass is 455 g/mol. The van der Waals surface area contributed by atoms with Gasteiger partial charge in [-0.2, -0.15) is 0 Å². The highest BCUT2D eigenvalue weighted by Gasteiger charge is 2.32. The molecule has 0 radical (unpaired) electrons. The summed E-state index contributed by atoms with van der Waals surface area (Å²) in [6, 6.07) is 12.8. The average Bonchev–Trinajstić information content (AvgIpc) is 3.01. The molecule has 1 heterocycles. The van der Waals surface area contributed by atoms with Crippen LogP contribution in [0.1, 0.15) is 18.9 Å². The Morgan fingerprint density at radius 1 is 1.14 bits per heavy atom. The van der Waals surface area contributed by atoms with Gasteiger partial charge in [-0.3, -0.25) is 4.21 Å². The molecule has 1 unspecified atom stereocenters. The van der Waals surface area contributed by atoms with Crippen molar-refractivity contribution >= 4 is 38.1 Å². The number of benzene rings is 2. The highest BCUT2D eigenvalue weighted by molar-refractivity contribution is 7.91. The third-order valence-electron chi connectivity index (χ3n) is 4.66. The third kappa shape index (κ3) is 5.58. The van der Waals surface area contributed by atoms with E-state index in [0.29, 0.717) is 22.3 Å². The van der Waals surface area contributed by atoms with Crippen molar-refractivity contribution in [3.63, 3.8) is 0 Å². The van der Waals surface area contributed by atoms with Gasteiger partial charge in [-0.25, -0.2) is 13.1 Å². The largest absolute Gasteiger partial charge is 0.358 e. The standard InChI is InChI=1S/C20H26ClN3O3S2/c1-2-13-24-15-28(25)20-18(24)7-4-8-19(20)29(26,27)23-12-11-22-10-9-16-5-3-6-17(21)14-16/h3-8,14,22-23H,2,9-13,15H2,1H3. The number of hydrogen-bond acceptors (Lipinski definition) is 5. The number of nitrogens with one attached hydrogen (secondary N) is 2. The lowest BCUT2D eigenvalue weighted by Crippen LogP contribution is -2.33. The fourth-order valence-corrected chi connectivity index (χ4v) is 6.68. The predicted octanol–water partition coefficient (Wildman–Crippen LogP) is 2.75. The molecule has 1 atom stereocenters. The van der Waals surface area contributed by atoms with Crippen molar-refractivity contribution in [3.8, 4) is 0 Å². The average molecular weight is 456 g/mol. The van der Waals surface area contributed by atoms with E-state index in [1.54, 1.807) is 6.07 Å². The Morgan fingerprint density at radius 3 is 2.69 bits per heavy atom. The summed E-state index contributed by atoms with van der Waals surface area (Å²) < 4.78 is 40.7. The fourth-order valence-electron chi connectivity index (χ4n) is 3.33.